The summed E-state index contributed by atoms with van der Waals surface area (Å²) >= 11 is 0. The lowest BCUT2D eigenvalue weighted by Gasteiger charge is -2.23. The first-order valence-electron chi connectivity index (χ1n) is 9.48. The second-order valence-electron chi connectivity index (χ2n) is 6.73. The third-order valence-electron chi connectivity index (χ3n) is 4.71. The molecule has 0 atom stereocenters. The van der Waals surface area contributed by atoms with Gasteiger partial charge in [0, 0.05) is 36.3 Å². The van der Waals surface area contributed by atoms with Crippen LogP contribution in [0.2, 0.25) is 0 Å². The maximum Gasteiger partial charge on any atom is 0.322 e. The van der Waals surface area contributed by atoms with Gasteiger partial charge in [-0.05, 0) is 30.2 Å². The van der Waals surface area contributed by atoms with Gasteiger partial charge in [0.25, 0.3) is 0 Å². The van der Waals surface area contributed by atoms with Gasteiger partial charge in [-0.15, -0.1) is 0 Å². The van der Waals surface area contributed by atoms with Crippen molar-refractivity contribution in [1.29, 1.82) is 0 Å². The Labute approximate surface area is 164 Å². The highest BCUT2D eigenvalue weighted by Crippen LogP contribution is 2.29. The molecule has 4 aromatic rings. The molecule has 0 unspecified atom stereocenters. The minimum absolute atomic E-state index is 0.132. The first-order chi connectivity index (χ1) is 13.8. The second kappa shape index (κ2) is 8.05. The van der Waals surface area contributed by atoms with E-state index in [1.165, 1.54) is 0 Å². The van der Waals surface area contributed by atoms with Crippen LogP contribution >= 0.6 is 0 Å². The maximum atomic E-state index is 13.1. The Bertz CT molecular complexity index is 1110. The molecule has 0 aliphatic heterocycles. The molecule has 140 valence electrons. The van der Waals surface area contributed by atoms with Crippen molar-refractivity contribution in [2.75, 3.05) is 11.9 Å². The molecule has 0 bridgehead atoms. The van der Waals surface area contributed by atoms with Crippen molar-refractivity contribution in [3.8, 4) is 0 Å². The summed E-state index contributed by atoms with van der Waals surface area (Å²) in [5, 5.41) is 5.07. The fraction of sp³-hybridized carbons (Fsp3) is 0.174. The predicted molar refractivity (Wildman–Crippen MR) is 113 cm³/mol. The monoisotopic (exact) mass is 370 g/mol. The van der Waals surface area contributed by atoms with Gasteiger partial charge in [-0.1, -0.05) is 49.4 Å². The van der Waals surface area contributed by atoms with Crippen LogP contribution in [-0.2, 0) is 6.54 Å². The summed E-state index contributed by atoms with van der Waals surface area (Å²) in [5.41, 5.74) is 3.39. The quantitative estimate of drug-likeness (QED) is 0.490. The van der Waals surface area contributed by atoms with Crippen molar-refractivity contribution in [2.24, 2.45) is 0 Å². The highest BCUT2D eigenvalue weighted by Gasteiger charge is 2.16. The Hall–Kier alpha value is -3.47. The molecule has 5 nitrogen and oxygen atoms in total. The summed E-state index contributed by atoms with van der Waals surface area (Å²) in [6.45, 7) is 3.32. The number of nitrogens with zero attached hydrogens (tertiary/aromatic N) is 3. The lowest BCUT2D eigenvalue weighted by atomic mass is 10.1. The number of pyridine rings is 2. The molecule has 2 heterocycles. The summed E-state index contributed by atoms with van der Waals surface area (Å²) in [6, 6.07) is 19.6. The van der Waals surface area contributed by atoms with Gasteiger partial charge in [0.15, 0.2) is 0 Å². The average Bonchev–Trinajstić information content (AvgIpc) is 2.74. The average molecular weight is 370 g/mol. The van der Waals surface area contributed by atoms with Gasteiger partial charge in [0.1, 0.15) is 0 Å². The van der Waals surface area contributed by atoms with Gasteiger partial charge < -0.3 is 10.2 Å². The number of rotatable bonds is 5. The molecular weight excluding hydrogens is 348 g/mol. The number of benzene rings is 2. The van der Waals surface area contributed by atoms with Crippen LogP contribution < -0.4 is 5.32 Å². The number of hydrogen-bond acceptors (Lipinski definition) is 3. The molecule has 0 aliphatic carbocycles. The van der Waals surface area contributed by atoms with Gasteiger partial charge in [-0.25, -0.2) is 4.79 Å². The molecular formula is C23H22N4O. The summed E-state index contributed by atoms with van der Waals surface area (Å²) in [4.78, 5) is 23.8. The van der Waals surface area contributed by atoms with Gasteiger partial charge in [-0.2, -0.15) is 0 Å². The molecule has 2 aromatic carbocycles. The molecule has 2 aromatic heterocycles. The number of anilines is 1. The van der Waals surface area contributed by atoms with E-state index >= 15 is 0 Å². The third kappa shape index (κ3) is 3.64. The van der Waals surface area contributed by atoms with Crippen molar-refractivity contribution in [3.05, 3.63) is 78.6 Å². The van der Waals surface area contributed by atoms with E-state index in [2.05, 4.69) is 22.2 Å². The zero-order chi connectivity index (χ0) is 19.3. The number of aromatic nitrogens is 2. The molecule has 28 heavy (non-hydrogen) atoms. The number of carbonyl (C=O) groups excluding carboxylic acids is 1. The number of amides is 2. The molecule has 5 heteroatoms. The van der Waals surface area contributed by atoms with E-state index in [-0.39, 0.29) is 6.03 Å². The van der Waals surface area contributed by atoms with Crippen molar-refractivity contribution in [1.82, 2.24) is 14.9 Å². The molecule has 0 saturated carbocycles. The molecule has 0 radical (unpaired) electrons. The Morgan fingerprint density at radius 3 is 2.50 bits per heavy atom. The van der Waals surface area contributed by atoms with Gasteiger partial charge >= 0.3 is 6.03 Å². The number of urea groups is 1. The van der Waals surface area contributed by atoms with E-state index in [0.29, 0.717) is 18.8 Å². The minimum Gasteiger partial charge on any atom is -0.320 e. The van der Waals surface area contributed by atoms with Crippen molar-refractivity contribution in [3.63, 3.8) is 0 Å². The zero-order valence-corrected chi connectivity index (χ0v) is 15.8. The van der Waals surface area contributed by atoms with Crippen LogP contribution in [0, 0.1) is 0 Å². The zero-order valence-electron chi connectivity index (χ0n) is 15.8. The number of hydrogen-bond donors (Lipinski definition) is 1. The third-order valence-corrected chi connectivity index (χ3v) is 4.71. The molecule has 0 fully saturated rings. The standard InChI is InChI=1S/C23H22N4O/c1-2-14-27(16-17-8-4-3-5-9-17)23(28)26-21-15-20-18(10-6-12-24-20)19-11-7-13-25-22(19)21/h3-13,15H,2,14,16H2,1H3,(H,26,28). The van der Waals surface area contributed by atoms with E-state index in [4.69, 9.17) is 0 Å². The Morgan fingerprint density at radius 2 is 1.71 bits per heavy atom. The van der Waals surface area contributed by atoms with Gasteiger partial charge in [0.2, 0.25) is 0 Å². The number of nitrogens with one attached hydrogen (secondary N) is 1. The smallest absolute Gasteiger partial charge is 0.320 e. The van der Waals surface area contributed by atoms with Crippen LogP contribution in [0.25, 0.3) is 21.8 Å². The highest BCUT2D eigenvalue weighted by atomic mass is 16.2. The summed E-state index contributed by atoms with van der Waals surface area (Å²) < 4.78 is 0. The SMILES string of the molecule is CCCN(Cc1ccccc1)C(=O)Nc1cc2ncccc2c2cccnc12. The van der Waals surface area contributed by atoms with Crippen LogP contribution in [0.4, 0.5) is 10.5 Å². The summed E-state index contributed by atoms with van der Waals surface area (Å²) in [7, 11) is 0. The van der Waals surface area contributed by atoms with Crippen LogP contribution in [0.1, 0.15) is 18.9 Å². The highest BCUT2D eigenvalue weighted by molar-refractivity contribution is 6.12. The first-order valence-corrected chi connectivity index (χ1v) is 9.48. The largest absolute Gasteiger partial charge is 0.322 e. The maximum absolute atomic E-state index is 13.1. The van der Waals surface area contributed by atoms with Crippen LogP contribution in [0.3, 0.4) is 0 Å². The van der Waals surface area contributed by atoms with Crippen molar-refractivity contribution < 1.29 is 4.79 Å². The fourth-order valence-corrected chi connectivity index (χ4v) is 3.42. The van der Waals surface area contributed by atoms with Gasteiger partial charge in [0.05, 0.1) is 16.7 Å². The first kappa shape index (κ1) is 17.9. The fourth-order valence-electron chi connectivity index (χ4n) is 3.42. The van der Waals surface area contributed by atoms with E-state index in [0.717, 1.165) is 33.8 Å². The second-order valence-corrected chi connectivity index (χ2v) is 6.73. The molecule has 0 aliphatic rings. The molecule has 4 rings (SSSR count). The molecule has 1 N–H and O–H groups in total. The van der Waals surface area contributed by atoms with E-state index in [1.54, 1.807) is 12.4 Å². The van der Waals surface area contributed by atoms with Gasteiger partial charge in [-0.3, -0.25) is 9.97 Å². The van der Waals surface area contributed by atoms with Crippen LogP contribution in [0.5, 0.6) is 0 Å². The van der Waals surface area contributed by atoms with E-state index < -0.39 is 0 Å². The number of fused-ring (bicyclic) bond motifs is 3. The molecule has 0 spiro atoms. The van der Waals surface area contributed by atoms with E-state index in [1.807, 2.05) is 65.6 Å². The Kier molecular flexibility index (Phi) is 5.15. The topological polar surface area (TPSA) is 58.1 Å². The lowest BCUT2D eigenvalue weighted by molar-refractivity contribution is 0.209. The molecule has 2 amide bonds. The van der Waals surface area contributed by atoms with Crippen molar-refractivity contribution in [2.45, 2.75) is 19.9 Å². The summed E-state index contributed by atoms with van der Waals surface area (Å²) in [6.07, 6.45) is 4.39. The molecule has 0 saturated heterocycles. The minimum atomic E-state index is -0.132. The lowest BCUT2D eigenvalue weighted by Crippen LogP contribution is -2.35. The Morgan fingerprint density at radius 1 is 0.964 bits per heavy atom. The number of carbonyl (C=O) groups is 1. The van der Waals surface area contributed by atoms with Crippen molar-refractivity contribution >= 4 is 33.5 Å². The van der Waals surface area contributed by atoms with Crippen LogP contribution in [0.15, 0.2) is 73.1 Å². The normalized spacial score (nSPS) is 10.9. The Balaban J connectivity index is 1.68. The van der Waals surface area contributed by atoms with E-state index in [9.17, 15) is 4.79 Å². The predicted octanol–water partition coefficient (Wildman–Crippen LogP) is 5.23. The van der Waals surface area contributed by atoms with Crippen LogP contribution in [-0.4, -0.2) is 27.4 Å². The summed E-state index contributed by atoms with van der Waals surface area (Å²) in [5.74, 6) is 0.